The quantitative estimate of drug-likeness (QED) is 0.621. The number of ether oxygens (including phenoxy) is 1. The molecule has 1 fully saturated rings. The highest BCUT2D eigenvalue weighted by Gasteiger charge is 2.27. The first kappa shape index (κ1) is 20.3. The van der Waals surface area contributed by atoms with Crippen LogP contribution in [0.5, 0.6) is 0 Å². The smallest absolute Gasteiger partial charge is 0.348 e. The van der Waals surface area contributed by atoms with Gasteiger partial charge in [0, 0.05) is 24.7 Å². The molecule has 1 N–H and O–H groups in total. The molecule has 0 spiro atoms. The van der Waals surface area contributed by atoms with Crippen molar-refractivity contribution in [1.29, 1.82) is 0 Å². The highest BCUT2D eigenvalue weighted by atomic mass is 32.1. The average Bonchev–Trinajstić information content (AvgIpc) is 3.32. The number of esters is 1. The highest BCUT2D eigenvalue weighted by Crippen LogP contribution is 2.36. The lowest BCUT2D eigenvalue weighted by molar-refractivity contribution is 0.0531. The van der Waals surface area contributed by atoms with Gasteiger partial charge in [-0.15, -0.1) is 11.3 Å². The van der Waals surface area contributed by atoms with E-state index < -0.39 is 0 Å². The minimum absolute atomic E-state index is 0.0780. The van der Waals surface area contributed by atoms with Crippen LogP contribution >= 0.6 is 11.3 Å². The van der Waals surface area contributed by atoms with Crippen molar-refractivity contribution in [3.05, 3.63) is 40.4 Å². The maximum absolute atomic E-state index is 12.4. The monoisotopic (exact) mass is 428 g/mol. The van der Waals surface area contributed by atoms with Crippen LogP contribution < -0.4 is 10.2 Å². The molecular weight excluding hydrogens is 404 g/mol. The van der Waals surface area contributed by atoms with E-state index in [0.29, 0.717) is 17.2 Å². The summed E-state index contributed by atoms with van der Waals surface area (Å²) >= 11 is 1.34. The molecule has 4 heterocycles. The molecule has 0 bridgehead atoms. The van der Waals surface area contributed by atoms with E-state index in [1.807, 2.05) is 13.8 Å². The summed E-state index contributed by atoms with van der Waals surface area (Å²) < 4.78 is 10.5. The van der Waals surface area contributed by atoms with Crippen LogP contribution in [-0.2, 0) is 4.74 Å². The highest BCUT2D eigenvalue weighted by molar-refractivity contribution is 7.20. The minimum atomic E-state index is -0.321. The summed E-state index contributed by atoms with van der Waals surface area (Å²) in [6.07, 6.45) is 4.66. The van der Waals surface area contributed by atoms with Gasteiger partial charge in [0.2, 0.25) is 0 Å². The van der Waals surface area contributed by atoms with Crippen LogP contribution in [0.25, 0.3) is 10.2 Å². The molecule has 8 nitrogen and oxygen atoms in total. The van der Waals surface area contributed by atoms with Gasteiger partial charge in [0.15, 0.2) is 5.76 Å². The minimum Gasteiger partial charge on any atom is -0.462 e. The van der Waals surface area contributed by atoms with Crippen molar-refractivity contribution in [3.63, 3.8) is 0 Å². The lowest BCUT2D eigenvalue weighted by Gasteiger charge is -2.33. The first-order valence-electron chi connectivity index (χ1n) is 10.0. The molecule has 0 aromatic carbocycles. The molecule has 158 valence electrons. The molecule has 1 aliphatic rings. The molecule has 0 unspecified atom stereocenters. The average molecular weight is 429 g/mol. The van der Waals surface area contributed by atoms with E-state index in [9.17, 15) is 9.59 Å². The van der Waals surface area contributed by atoms with Crippen molar-refractivity contribution in [1.82, 2.24) is 15.3 Å². The molecule has 9 heteroatoms. The van der Waals surface area contributed by atoms with Crippen molar-refractivity contribution in [2.45, 2.75) is 39.7 Å². The van der Waals surface area contributed by atoms with E-state index in [0.717, 1.165) is 53.1 Å². The lowest BCUT2D eigenvalue weighted by Crippen LogP contribution is -2.45. The van der Waals surface area contributed by atoms with Crippen LogP contribution in [0, 0.1) is 13.8 Å². The van der Waals surface area contributed by atoms with Crippen LogP contribution in [0.3, 0.4) is 0 Å². The maximum atomic E-state index is 12.4. The number of nitrogens with zero attached hydrogens (tertiary/aromatic N) is 3. The summed E-state index contributed by atoms with van der Waals surface area (Å²) in [5, 5.41) is 3.97. The molecule has 4 rings (SSSR count). The van der Waals surface area contributed by atoms with Gasteiger partial charge in [0.05, 0.1) is 18.3 Å². The van der Waals surface area contributed by atoms with E-state index in [1.165, 1.54) is 23.9 Å². The number of thiophene rings is 1. The van der Waals surface area contributed by atoms with Crippen LogP contribution in [0.15, 0.2) is 23.1 Å². The summed E-state index contributed by atoms with van der Waals surface area (Å²) in [7, 11) is 0. The topological polar surface area (TPSA) is 97.6 Å². The second kappa shape index (κ2) is 8.43. The second-order valence-corrected chi connectivity index (χ2v) is 8.32. The summed E-state index contributed by atoms with van der Waals surface area (Å²) in [5.41, 5.74) is 1.69. The number of furan rings is 1. The van der Waals surface area contributed by atoms with Crippen LogP contribution in [0.4, 0.5) is 5.82 Å². The Labute approximate surface area is 178 Å². The SMILES string of the molecule is CCOC(=O)c1sc2ncnc(N3CCC(NC(=O)c4occc4C)CC3)c2c1C. The van der Waals surface area contributed by atoms with E-state index >= 15 is 0 Å². The third-order valence-corrected chi connectivity index (χ3v) is 6.55. The van der Waals surface area contributed by atoms with E-state index in [2.05, 4.69) is 20.2 Å². The fraction of sp³-hybridized carbons (Fsp3) is 0.429. The van der Waals surface area contributed by atoms with E-state index in [1.54, 1.807) is 13.0 Å². The van der Waals surface area contributed by atoms with Gasteiger partial charge in [-0.3, -0.25) is 4.79 Å². The predicted molar refractivity (Wildman–Crippen MR) is 114 cm³/mol. The molecule has 3 aromatic rings. The summed E-state index contributed by atoms with van der Waals surface area (Å²) in [5.74, 6) is 0.706. The number of piperidine rings is 1. The van der Waals surface area contributed by atoms with Gasteiger partial charge in [-0.05, 0) is 45.2 Å². The number of aromatic nitrogens is 2. The molecule has 0 saturated carbocycles. The number of fused-ring (bicyclic) bond motifs is 1. The number of nitrogens with one attached hydrogen (secondary N) is 1. The van der Waals surface area contributed by atoms with Gasteiger partial charge in [0.1, 0.15) is 21.9 Å². The zero-order valence-electron chi connectivity index (χ0n) is 17.2. The first-order chi connectivity index (χ1) is 14.5. The number of hydrogen-bond donors (Lipinski definition) is 1. The molecule has 1 amide bonds. The van der Waals surface area contributed by atoms with Crippen LogP contribution in [0.2, 0.25) is 0 Å². The molecule has 1 aliphatic heterocycles. The number of rotatable bonds is 5. The lowest BCUT2D eigenvalue weighted by atomic mass is 10.0. The Balaban J connectivity index is 1.49. The Morgan fingerprint density at radius 3 is 2.73 bits per heavy atom. The fourth-order valence-electron chi connectivity index (χ4n) is 3.78. The Bertz CT molecular complexity index is 1080. The van der Waals surface area contributed by atoms with Crippen molar-refractivity contribution in [3.8, 4) is 0 Å². The van der Waals surface area contributed by atoms with Crippen molar-refractivity contribution >= 4 is 39.2 Å². The Hall–Kier alpha value is -2.94. The molecule has 0 atom stereocenters. The number of amides is 1. The largest absolute Gasteiger partial charge is 0.462 e. The normalized spacial score (nSPS) is 14.8. The standard InChI is InChI=1S/C21H24N4O4S/c1-4-28-21(27)17-13(3)15-18(22-11-23-20(15)30-17)25-8-5-14(6-9-25)24-19(26)16-12(2)7-10-29-16/h7,10-11,14H,4-6,8-9H2,1-3H3,(H,24,26). The summed E-state index contributed by atoms with van der Waals surface area (Å²) in [6.45, 7) is 7.39. The van der Waals surface area contributed by atoms with Gasteiger partial charge in [-0.25, -0.2) is 14.8 Å². The molecule has 3 aromatic heterocycles. The molecular formula is C21H24N4O4S. The second-order valence-electron chi connectivity index (χ2n) is 7.32. The number of carbonyl (C=O) groups is 2. The Morgan fingerprint density at radius 1 is 1.30 bits per heavy atom. The number of anilines is 1. The Morgan fingerprint density at radius 2 is 2.07 bits per heavy atom. The van der Waals surface area contributed by atoms with Crippen molar-refractivity contribution in [2.24, 2.45) is 0 Å². The number of aryl methyl sites for hydroxylation is 2. The summed E-state index contributed by atoms with van der Waals surface area (Å²) in [4.78, 5) is 37.1. The summed E-state index contributed by atoms with van der Waals surface area (Å²) in [6, 6.07) is 1.86. The first-order valence-corrected chi connectivity index (χ1v) is 10.8. The number of carbonyl (C=O) groups excluding carboxylic acids is 2. The predicted octanol–water partition coefficient (Wildman–Crippen LogP) is 3.48. The molecule has 30 heavy (non-hydrogen) atoms. The molecule has 0 radical (unpaired) electrons. The maximum Gasteiger partial charge on any atom is 0.348 e. The molecule has 1 saturated heterocycles. The molecule has 0 aliphatic carbocycles. The third-order valence-electron chi connectivity index (χ3n) is 5.37. The third kappa shape index (κ3) is 3.77. The van der Waals surface area contributed by atoms with E-state index in [4.69, 9.17) is 9.15 Å². The Kier molecular flexibility index (Phi) is 5.72. The van der Waals surface area contributed by atoms with Gasteiger partial charge in [-0.1, -0.05) is 0 Å². The van der Waals surface area contributed by atoms with Gasteiger partial charge < -0.3 is 19.4 Å². The van der Waals surface area contributed by atoms with Gasteiger partial charge in [0.25, 0.3) is 5.91 Å². The van der Waals surface area contributed by atoms with Crippen molar-refractivity contribution in [2.75, 3.05) is 24.6 Å². The van der Waals surface area contributed by atoms with Crippen molar-refractivity contribution < 1.29 is 18.7 Å². The fourth-order valence-corrected chi connectivity index (χ4v) is 4.81. The van der Waals surface area contributed by atoms with Gasteiger partial charge in [-0.2, -0.15) is 0 Å². The zero-order valence-corrected chi connectivity index (χ0v) is 18.0. The van der Waals surface area contributed by atoms with Gasteiger partial charge >= 0.3 is 5.97 Å². The van der Waals surface area contributed by atoms with E-state index in [-0.39, 0.29) is 17.9 Å². The van der Waals surface area contributed by atoms with Crippen LogP contribution in [0.1, 0.15) is 51.1 Å². The van der Waals surface area contributed by atoms with Crippen LogP contribution in [-0.4, -0.2) is 47.6 Å². The number of hydrogen-bond acceptors (Lipinski definition) is 8. The zero-order chi connectivity index (χ0) is 21.3.